The zero-order chi connectivity index (χ0) is 13.2. The van der Waals surface area contributed by atoms with Crippen LogP contribution in [0.5, 0.6) is 5.75 Å². The van der Waals surface area contributed by atoms with Crippen molar-refractivity contribution in [3.8, 4) is 5.75 Å². The average Bonchev–Trinajstić information content (AvgIpc) is 2.11. The number of carbonyl (C=O) groups is 1. The number of ether oxygens (including phenoxy) is 1. The lowest BCUT2D eigenvalue weighted by atomic mass is 10.1. The lowest BCUT2D eigenvalue weighted by Crippen LogP contribution is -2.27. The SMILES string of the molecule is Cc1cc(O)c(NC(=O)OC(C)(C)C)cc1C. The molecule has 94 valence electrons. The summed E-state index contributed by atoms with van der Waals surface area (Å²) in [6, 6.07) is 3.33. The third-order valence-electron chi connectivity index (χ3n) is 2.25. The highest BCUT2D eigenvalue weighted by Gasteiger charge is 2.17. The minimum Gasteiger partial charge on any atom is -0.506 e. The number of nitrogens with one attached hydrogen (secondary N) is 1. The summed E-state index contributed by atoms with van der Waals surface area (Å²) in [4.78, 5) is 11.5. The van der Waals surface area contributed by atoms with Crippen LogP contribution in [0.15, 0.2) is 12.1 Å². The van der Waals surface area contributed by atoms with Gasteiger partial charge in [0.2, 0.25) is 0 Å². The van der Waals surface area contributed by atoms with E-state index in [1.807, 2.05) is 13.8 Å². The Balaban J connectivity index is 2.82. The summed E-state index contributed by atoms with van der Waals surface area (Å²) in [5.41, 5.74) is 1.77. The first-order valence-corrected chi connectivity index (χ1v) is 5.49. The maximum absolute atomic E-state index is 11.5. The maximum atomic E-state index is 11.5. The van der Waals surface area contributed by atoms with E-state index in [2.05, 4.69) is 5.32 Å². The van der Waals surface area contributed by atoms with Crippen LogP contribution in [0.4, 0.5) is 10.5 Å². The number of amides is 1. The van der Waals surface area contributed by atoms with Crippen molar-refractivity contribution >= 4 is 11.8 Å². The number of aromatic hydroxyl groups is 1. The molecule has 0 aliphatic carbocycles. The summed E-state index contributed by atoms with van der Waals surface area (Å²) in [5, 5.41) is 12.2. The Kier molecular flexibility index (Phi) is 3.66. The van der Waals surface area contributed by atoms with Crippen molar-refractivity contribution in [2.75, 3.05) is 5.32 Å². The van der Waals surface area contributed by atoms with E-state index in [0.29, 0.717) is 5.69 Å². The Morgan fingerprint density at radius 1 is 1.24 bits per heavy atom. The molecule has 0 atom stereocenters. The molecular formula is C13H19NO3. The highest BCUT2D eigenvalue weighted by molar-refractivity contribution is 5.87. The normalized spacial score (nSPS) is 11.1. The van der Waals surface area contributed by atoms with Crippen LogP contribution in [-0.2, 0) is 4.74 Å². The van der Waals surface area contributed by atoms with Crippen LogP contribution in [0.3, 0.4) is 0 Å². The maximum Gasteiger partial charge on any atom is 0.412 e. The summed E-state index contributed by atoms with van der Waals surface area (Å²) in [6.45, 7) is 9.16. The van der Waals surface area contributed by atoms with E-state index < -0.39 is 11.7 Å². The van der Waals surface area contributed by atoms with Crippen molar-refractivity contribution in [1.82, 2.24) is 0 Å². The molecule has 0 radical (unpaired) electrons. The van der Waals surface area contributed by atoms with Crippen LogP contribution in [0, 0.1) is 13.8 Å². The molecule has 1 aromatic rings. The van der Waals surface area contributed by atoms with Crippen LogP contribution in [0.1, 0.15) is 31.9 Å². The fraction of sp³-hybridized carbons (Fsp3) is 0.462. The highest BCUT2D eigenvalue weighted by Crippen LogP contribution is 2.27. The summed E-state index contributed by atoms with van der Waals surface area (Å²) in [6.07, 6.45) is -0.573. The van der Waals surface area contributed by atoms with Gasteiger partial charge in [-0.1, -0.05) is 0 Å². The van der Waals surface area contributed by atoms with Crippen molar-refractivity contribution in [1.29, 1.82) is 0 Å². The average molecular weight is 237 g/mol. The zero-order valence-electron chi connectivity index (χ0n) is 10.9. The van der Waals surface area contributed by atoms with Gasteiger partial charge in [0.1, 0.15) is 11.4 Å². The number of anilines is 1. The lowest BCUT2D eigenvalue weighted by Gasteiger charge is -2.20. The Morgan fingerprint density at radius 3 is 2.29 bits per heavy atom. The molecule has 0 fully saturated rings. The van der Waals surface area contributed by atoms with Crippen molar-refractivity contribution in [3.05, 3.63) is 23.3 Å². The van der Waals surface area contributed by atoms with Crippen LogP contribution in [0.25, 0.3) is 0 Å². The molecule has 2 N–H and O–H groups in total. The summed E-state index contributed by atoms with van der Waals surface area (Å²) >= 11 is 0. The fourth-order valence-electron chi connectivity index (χ4n) is 1.31. The van der Waals surface area contributed by atoms with Crippen LogP contribution < -0.4 is 5.32 Å². The van der Waals surface area contributed by atoms with Crippen molar-refractivity contribution in [2.24, 2.45) is 0 Å². The molecule has 0 spiro atoms. The number of rotatable bonds is 1. The standard InChI is InChI=1S/C13H19NO3/c1-8-6-10(11(15)7-9(8)2)14-12(16)17-13(3,4)5/h6-7,15H,1-5H3,(H,14,16). The first kappa shape index (κ1) is 13.4. The zero-order valence-corrected chi connectivity index (χ0v) is 10.9. The molecule has 0 saturated carbocycles. The van der Waals surface area contributed by atoms with Gasteiger partial charge in [-0.05, 0) is 57.9 Å². The second-order valence-corrected chi connectivity index (χ2v) is 5.08. The van der Waals surface area contributed by atoms with E-state index >= 15 is 0 Å². The Labute approximate surface area is 102 Å². The van der Waals surface area contributed by atoms with Gasteiger partial charge in [0, 0.05) is 0 Å². The van der Waals surface area contributed by atoms with E-state index in [1.165, 1.54) is 0 Å². The Hall–Kier alpha value is -1.71. The molecule has 4 heteroatoms. The molecule has 0 aliphatic heterocycles. The molecule has 1 aromatic carbocycles. The lowest BCUT2D eigenvalue weighted by molar-refractivity contribution is 0.0635. The number of phenols is 1. The van der Waals surface area contributed by atoms with E-state index in [4.69, 9.17) is 4.74 Å². The second kappa shape index (κ2) is 4.65. The van der Waals surface area contributed by atoms with E-state index in [0.717, 1.165) is 11.1 Å². The number of hydrogen-bond acceptors (Lipinski definition) is 3. The molecule has 4 nitrogen and oxygen atoms in total. The van der Waals surface area contributed by atoms with Gasteiger partial charge in [-0.25, -0.2) is 4.79 Å². The molecule has 0 bridgehead atoms. The van der Waals surface area contributed by atoms with Crippen LogP contribution in [0.2, 0.25) is 0 Å². The number of phenolic OH excluding ortho intramolecular Hbond substituents is 1. The first-order valence-electron chi connectivity index (χ1n) is 5.49. The fourth-order valence-corrected chi connectivity index (χ4v) is 1.31. The topological polar surface area (TPSA) is 58.6 Å². The molecule has 0 aliphatic rings. The quantitative estimate of drug-likeness (QED) is 0.736. The van der Waals surface area contributed by atoms with Gasteiger partial charge in [0.15, 0.2) is 0 Å². The predicted molar refractivity (Wildman–Crippen MR) is 67.4 cm³/mol. The van der Waals surface area contributed by atoms with Crippen molar-refractivity contribution < 1.29 is 14.6 Å². The smallest absolute Gasteiger partial charge is 0.412 e. The monoisotopic (exact) mass is 237 g/mol. The third kappa shape index (κ3) is 3.98. The van der Waals surface area contributed by atoms with Gasteiger partial charge < -0.3 is 9.84 Å². The summed E-state index contributed by atoms with van der Waals surface area (Å²) in [7, 11) is 0. The number of benzene rings is 1. The molecule has 0 aromatic heterocycles. The molecule has 0 unspecified atom stereocenters. The van der Waals surface area contributed by atoms with Gasteiger partial charge in [-0.3, -0.25) is 5.32 Å². The molecule has 17 heavy (non-hydrogen) atoms. The largest absolute Gasteiger partial charge is 0.506 e. The predicted octanol–water partition coefficient (Wildman–Crippen LogP) is 3.36. The minimum atomic E-state index is -0.573. The van der Waals surface area contributed by atoms with Gasteiger partial charge in [0.05, 0.1) is 5.69 Å². The third-order valence-corrected chi connectivity index (χ3v) is 2.25. The van der Waals surface area contributed by atoms with Gasteiger partial charge >= 0.3 is 6.09 Å². The highest BCUT2D eigenvalue weighted by atomic mass is 16.6. The van der Waals surface area contributed by atoms with E-state index in [-0.39, 0.29) is 5.75 Å². The second-order valence-electron chi connectivity index (χ2n) is 5.08. The number of aryl methyl sites for hydroxylation is 2. The van der Waals surface area contributed by atoms with E-state index in [1.54, 1.807) is 32.9 Å². The molecule has 1 amide bonds. The molecule has 1 rings (SSSR count). The molecule has 0 saturated heterocycles. The molecule has 0 heterocycles. The molecular weight excluding hydrogens is 218 g/mol. The number of hydrogen-bond donors (Lipinski definition) is 2. The van der Waals surface area contributed by atoms with Crippen LogP contribution in [-0.4, -0.2) is 16.8 Å². The summed E-state index contributed by atoms with van der Waals surface area (Å²) < 4.78 is 5.11. The first-order chi connectivity index (χ1) is 7.69. The number of carbonyl (C=O) groups excluding carboxylic acids is 1. The van der Waals surface area contributed by atoms with Crippen molar-refractivity contribution in [3.63, 3.8) is 0 Å². The summed E-state index contributed by atoms with van der Waals surface area (Å²) in [5.74, 6) is 0.0407. The van der Waals surface area contributed by atoms with Gasteiger partial charge in [0.25, 0.3) is 0 Å². The van der Waals surface area contributed by atoms with Gasteiger partial charge in [-0.15, -0.1) is 0 Å². The van der Waals surface area contributed by atoms with Crippen molar-refractivity contribution in [2.45, 2.75) is 40.2 Å². The Morgan fingerprint density at radius 2 is 1.76 bits per heavy atom. The Bertz CT molecular complexity index is 433. The van der Waals surface area contributed by atoms with Crippen LogP contribution >= 0.6 is 0 Å². The minimum absolute atomic E-state index is 0.0407. The van der Waals surface area contributed by atoms with Gasteiger partial charge in [-0.2, -0.15) is 0 Å². The van der Waals surface area contributed by atoms with E-state index in [9.17, 15) is 9.90 Å².